The lowest BCUT2D eigenvalue weighted by atomic mass is 9.98. The molecule has 2 heterocycles. The van der Waals surface area contributed by atoms with Crippen molar-refractivity contribution in [1.82, 2.24) is 4.57 Å². The fraction of sp³-hybridized carbons (Fsp3) is 0.333. The number of ether oxygens (including phenoxy) is 4. The Labute approximate surface area is 239 Å². The fourth-order valence-corrected chi connectivity index (χ4v) is 5.41. The molecular formula is C33H35NO7. The van der Waals surface area contributed by atoms with Gasteiger partial charge in [0.15, 0.2) is 0 Å². The van der Waals surface area contributed by atoms with E-state index < -0.39 is 30.5 Å². The molecule has 1 fully saturated rings. The molecule has 1 aliphatic heterocycles. The number of aliphatic hydroxyl groups excluding tert-OH is 1. The van der Waals surface area contributed by atoms with Crippen LogP contribution in [-0.2, 0) is 30.4 Å². The van der Waals surface area contributed by atoms with Crippen LogP contribution in [0.3, 0.4) is 0 Å². The molecule has 5 rings (SSSR count). The number of benzene rings is 3. The summed E-state index contributed by atoms with van der Waals surface area (Å²) in [4.78, 5) is 23.2. The lowest BCUT2D eigenvalue weighted by Crippen LogP contribution is -2.38. The number of aliphatic hydroxyl groups is 1. The van der Waals surface area contributed by atoms with E-state index in [9.17, 15) is 14.7 Å². The molecule has 0 spiro atoms. The summed E-state index contributed by atoms with van der Waals surface area (Å²) < 4.78 is 25.0. The number of hydrogen-bond acceptors (Lipinski definition) is 7. The van der Waals surface area contributed by atoms with Crippen molar-refractivity contribution in [3.8, 4) is 5.75 Å². The molecule has 8 nitrogen and oxygen atoms in total. The Hall–Kier alpha value is -4.14. The number of hydrogen-bond donors (Lipinski definition) is 1. The third-order valence-corrected chi connectivity index (χ3v) is 7.29. The van der Waals surface area contributed by atoms with Gasteiger partial charge in [0.25, 0.3) is 0 Å². The van der Waals surface area contributed by atoms with E-state index in [4.69, 9.17) is 18.9 Å². The van der Waals surface area contributed by atoms with Gasteiger partial charge in [-0.15, -0.1) is 0 Å². The van der Waals surface area contributed by atoms with Crippen molar-refractivity contribution >= 4 is 22.8 Å². The number of rotatable bonds is 9. The van der Waals surface area contributed by atoms with E-state index >= 15 is 0 Å². The first-order valence-corrected chi connectivity index (χ1v) is 13.8. The Balaban J connectivity index is 1.41. The maximum atomic E-state index is 11.8. The number of aromatic nitrogens is 1. The predicted octanol–water partition coefficient (Wildman–Crippen LogP) is 5.78. The molecule has 41 heavy (non-hydrogen) atoms. The summed E-state index contributed by atoms with van der Waals surface area (Å²) in [5.41, 5.74) is 4.46. The lowest BCUT2D eigenvalue weighted by Gasteiger charge is -2.35. The van der Waals surface area contributed by atoms with E-state index in [0.717, 1.165) is 33.2 Å². The van der Waals surface area contributed by atoms with Gasteiger partial charge in [-0.3, -0.25) is 9.59 Å². The second-order valence-corrected chi connectivity index (χ2v) is 10.4. The summed E-state index contributed by atoms with van der Waals surface area (Å²) in [5.74, 6) is -0.0551. The Morgan fingerprint density at radius 3 is 2.44 bits per heavy atom. The third-order valence-electron chi connectivity index (χ3n) is 7.29. The molecule has 3 aromatic carbocycles. The molecule has 0 saturated carbocycles. The van der Waals surface area contributed by atoms with Gasteiger partial charge in [0.05, 0.1) is 11.6 Å². The van der Waals surface area contributed by atoms with E-state index in [-0.39, 0.29) is 12.6 Å². The largest absolute Gasteiger partial charge is 0.489 e. The van der Waals surface area contributed by atoms with Crippen LogP contribution in [0, 0.1) is 6.92 Å². The zero-order valence-corrected chi connectivity index (χ0v) is 23.5. The van der Waals surface area contributed by atoms with E-state index in [0.29, 0.717) is 25.2 Å². The average molecular weight is 558 g/mol. The van der Waals surface area contributed by atoms with Crippen LogP contribution in [0.15, 0.2) is 79.0 Å². The number of aryl methyl sites for hydroxylation is 1. The summed E-state index contributed by atoms with van der Waals surface area (Å²) in [5, 5.41) is 12.5. The van der Waals surface area contributed by atoms with Gasteiger partial charge in [-0.25, -0.2) is 0 Å². The van der Waals surface area contributed by atoms with Crippen LogP contribution in [0.2, 0.25) is 0 Å². The number of fused-ring (bicyclic) bond motifs is 1. The highest BCUT2D eigenvalue weighted by atomic mass is 16.6. The van der Waals surface area contributed by atoms with Gasteiger partial charge in [-0.05, 0) is 41.8 Å². The zero-order valence-electron chi connectivity index (χ0n) is 23.5. The van der Waals surface area contributed by atoms with E-state index in [2.05, 4.69) is 0 Å². The molecule has 1 N–H and O–H groups in total. The highest BCUT2D eigenvalue weighted by molar-refractivity contribution is 5.88. The Bertz CT molecular complexity index is 1500. The first-order valence-electron chi connectivity index (χ1n) is 13.8. The molecule has 1 aromatic heterocycles. The van der Waals surface area contributed by atoms with Crippen molar-refractivity contribution in [2.24, 2.45) is 0 Å². The molecule has 0 aliphatic carbocycles. The van der Waals surface area contributed by atoms with Crippen LogP contribution in [0.4, 0.5) is 0 Å². The highest BCUT2D eigenvalue weighted by Crippen LogP contribution is 2.38. The van der Waals surface area contributed by atoms with Gasteiger partial charge >= 0.3 is 11.9 Å². The molecule has 1 aliphatic rings. The fourth-order valence-electron chi connectivity index (χ4n) is 5.41. The SMILES string of the molecule is CC(=O)OCC1CC(OC(C)=O)CC(n2cc(C(O)c3ccc(OCc4ccccc4)cc3)c3c(C)cccc32)O1. The van der Waals surface area contributed by atoms with Crippen LogP contribution in [0.25, 0.3) is 10.9 Å². The van der Waals surface area contributed by atoms with E-state index in [1.165, 1.54) is 13.8 Å². The van der Waals surface area contributed by atoms with Gasteiger partial charge in [-0.1, -0.05) is 54.6 Å². The minimum Gasteiger partial charge on any atom is -0.489 e. The van der Waals surface area contributed by atoms with Gasteiger partial charge in [-0.2, -0.15) is 0 Å². The lowest BCUT2D eigenvalue weighted by molar-refractivity contribution is -0.178. The maximum absolute atomic E-state index is 11.8. The molecule has 4 atom stereocenters. The summed E-state index contributed by atoms with van der Waals surface area (Å²) in [6.45, 7) is 5.27. The van der Waals surface area contributed by atoms with Gasteiger partial charge < -0.3 is 28.6 Å². The van der Waals surface area contributed by atoms with Gasteiger partial charge in [0.1, 0.15) is 37.4 Å². The molecule has 0 amide bonds. The number of nitrogens with zero attached hydrogens (tertiary/aromatic N) is 1. The second kappa shape index (κ2) is 12.6. The van der Waals surface area contributed by atoms with E-state index in [1.807, 2.05) is 90.5 Å². The minimum atomic E-state index is -0.896. The quantitative estimate of drug-likeness (QED) is 0.261. The smallest absolute Gasteiger partial charge is 0.302 e. The minimum absolute atomic E-state index is 0.0655. The molecular weight excluding hydrogens is 522 g/mol. The molecule has 214 valence electrons. The number of carbonyl (C=O) groups is 2. The van der Waals surface area contributed by atoms with Crippen LogP contribution in [0.1, 0.15) is 61.3 Å². The van der Waals surface area contributed by atoms with Crippen LogP contribution < -0.4 is 4.74 Å². The van der Waals surface area contributed by atoms with Crippen molar-refractivity contribution in [1.29, 1.82) is 0 Å². The standard InChI is InChI=1S/C33H35NO7/c1-21-8-7-11-30-32(21)29(33(37)25-12-14-26(15-13-25)39-19-24-9-5-4-6-10-24)18-34(30)31-17-27(40-23(3)36)16-28(41-31)20-38-22(2)35/h4-15,18,27-28,31,33,37H,16-17,19-20H2,1-3H3. The maximum Gasteiger partial charge on any atom is 0.302 e. The zero-order chi connectivity index (χ0) is 28.9. The van der Waals surface area contributed by atoms with Crippen molar-refractivity contribution in [2.45, 2.75) is 64.8 Å². The first kappa shape index (κ1) is 28.4. The van der Waals surface area contributed by atoms with Crippen molar-refractivity contribution in [3.05, 3.63) is 101 Å². The van der Waals surface area contributed by atoms with Crippen LogP contribution in [-0.4, -0.2) is 40.4 Å². The van der Waals surface area contributed by atoms with Crippen molar-refractivity contribution in [2.75, 3.05) is 6.61 Å². The predicted molar refractivity (Wildman–Crippen MR) is 153 cm³/mol. The van der Waals surface area contributed by atoms with Gasteiger partial charge in [0.2, 0.25) is 0 Å². The number of esters is 2. The molecule has 1 saturated heterocycles. The Kier molecular flexibility index (Phi) is 8.71. The summed E-state index contributed by atoms with van der Waals surface area (Å²) in [7, 11) is 0. The number of carbonyl (C=O) groups excluding carboxylic acids is 2. The summed E-state index contributed by atoms with van der Waals surface area (Å²) in [6.07, 6.45) is 0.533. The third kappa shape index (κ3) is 6.78. The molecule has 0 bridgehead atoms. The molecule has 4 aromatic rings. The normalized spacial score (nSPS) is 19.5. The summed E-state index contributed by atoms with van der Waals surface area (Å²) >= 11 is 0. The molecule has 8 heteroatoms. The summed E-state index contributed by atoms with van der Waals surface area (Å²) in [6, 6.07) is 23.4. The van der Waals surface area contributed by atoms with Crippen LogP contribution in [0.5, 0.6) is 5.75 Å². The Morgan fingerprint density at radius 1 is 0.976 bits per heavy atom. The van der Waals surface area contributed by atoms with Crippen molar-refractivity contribution < 1.29 is 33.6 Å². The average Bonchev–Trinajstić information content (AvgIpc) is 3.36. The monoisotopic (exact) mass is 557 g/mol. The highest BCUT2D eigenvalue weighted by Gasteiger charge is 2.34. The Morgan fingerprint density at radius 2 is 1.73 bits per heavy atom. The molecule has 0 radical (unpaired) electrons. The topological polar surface area (TPSA) is 96.2 Å². The molecule has 4 unspecified atom stereocenters. The van der Waals surface area contributed by atoms with Crippen LogP contribution >= 0.6 is 0 Å². The van der Waals surface area contributed by atoms with Crippen molar-refractivity contribution in [3.63, 3.8) is 0 Å². The first-order chi connectivity index (χ1) is 19.8. The second-order valence-electron chi connectivity index (χ2n) is 10.4. The van der Waals surface area contributed by atoms with Gasteiger partial charge in [0, 0.05) is 43.8 Å². The van der Waals surface area contributed by atoms with E-state index in [1.54, 1.807) is 0 Å².